The van der Waals surface area contributed by atoms with Crippen LogP contribution in [0, 0.1) is 5.92 Å². The van der Waals surface area contributed by atoms with Crippen LogP contribution in [0.1, 0.15) is 18.4 Å². The molecule has 2 fully saturated rings. The van der Waals surface area contributed by atoms with Crippen molar-refractivity contribution >= 4 is 5.91 Å². The molecule has 1 amide bonds. The number of likely N-dealkylation sites (N-methyl/N-ethyl adjacent to an activating group) is 1. The van der Waals surface area contributed by atoms with E-state index in [0.29, 0.717) is 19.1 Å². The highest BCUT2D eigenvalue weighted by atomic mass is 16.5. The predicted molar refractivity (Wildman–Crippen MR) is 88.4 cm³/mol. The summed E-state index contributed by atoms with van der Waals surface area (Å²) in [5, 5.41) is 0. The second kappa shape index (κ2) is 7.32. The summed E-state index contributed by atoms with van der Waals surface area (Å²) >= 11 is 0. The number of rotatable bonds is 6. The van der Waals surface area contributed by atoms with Gasteiger partial charge in [-0.15, -0.1) is 0 Å². The SMILES string of the molecule is COc1ccccc1CN(C)C(=O)CN1CCOCC1C1CC1. The van der Waals surface area contributed by atoms with Gasteiger partial charge in [-0.2, -0.15) is 0 Å². The first-order valence-electron chi connectivity index (χ1n) is 8.36. The Morgan fingerprint density at radius 2 is 2.17 bits per heavy atom. The quantitative estimate of drug-likeness (QED) is 0.802. The Kier molecular flexibility index (Phi) is 5.18. The van der Waals surface area contributed by atoms with Gasteiger partial charge in [0.15, 0.2) is 0 Å². The van der Waals surface area contributed by atoms with Crippen molar-refractivity contribution in [1.82, 2.24) is 9.80 Å². The van der Waals surface area contributed by atoms with Crippen LogP contribution in [-0.2, 0) is 16.1 Å². The normalized spacial score (nSPS) is 21.9. The van der Waals surface area contributed by atoms with Crippen molar-refractivity contribution in [2.24, 2.45) is 5.92 Å². The third kappa shape index (κ3) is 4.03. The molecule has 126 valence electrons. The highest BCUT2D eigenvalue weighted by Crippen LogP contribution is 2.36. The molecule has 1 aromatic rings. The molecule has 1 saturated heterocycles. The van der Waals surface area contributed by atoms with E-state index < -0.39 is 0 Å². The van der Waals surface area contributed by atoms with Crippen LogP contribution in [0.4, 0.5) is 0 Å². The van der Waals surface area contributed by atoms with Crippen molar-refractivity contribution in [3.8, 4) is 5.75 Å². The van der Waals surface area contributed by atoms with Crippen molar-refractivity contribution in [1.29, 1.82) is 0 Å². The standard InChI is InChI=1S/C18H26N2O3/c1-19(11-15-5-3-4-6-17(15)22-2)18(21)12-20-9-10-23-13-16(20)14-7-8-14/h3-6,14,16H,7-13H2,1-2H3. The highest BCUT2D eigenvalue weighted by molar-refractivity contribution is 5.78. The van der Waals surface area contributed by atoms with Gasteiger partial charge >= 0.3 is 0 Å². The molecule has 23 heavy (non-hydrogen) atoms. The van der Waals surface area contributed by atoms with Crippen molar-refractivity contribution < 1.29 is 14.3 Å². The summed E-state index contributed by atoms with van der Waals surface area (Å²) in [5.41, 5.74) is 1.03. The third-order valence-corrected chi connectivity index (χ3v) is 4.81. The molecule has 0 bridgehead atoms. The highest BCUT2D eigenvalue weighted by Gasteiger charge is 2.37. The first kappa shape index (κ1) is 16.3. The molecule has 0 spiro atoms. The molecule has 1 heterocycles. The average molecular weight is 318 g/mol. The number of para-hydroxylation sites is 1. The Bertz CT molecular complexity index is 545. The topological polar surface area (TPSA) is 42.0 Å². The molecular formula is C18H26N2O3. The number of ether oxygens (including phenoxy) is 2. The fourth-order valence-corrected chi connectivity index (χ4v) is 3.24. The van der Waals surface area contributed by atoms with Crippen LogP contribution in [0.25, 0.3) is 0 Å². The van der Waals surface area contributed by atoms with Crippen LogP contribution in [0.5, 0.6) is 5.75 Å². The maximum atomic E-state index is 12.6. The Labute approximate surface area is 138 Å². The van der Waals surface area contributed by atoms with Crippen LogP contribution >= 0.6 is 0 Å². The molecule has 2 aliphatic rings. The number of morpholine rings is 1. The average Bonchev–Trinajstić information content (AvgIpc) is 3.40. The zero-order valence-corrected chi connectivity index (χ0v) is 14.0. The summed E-state index contributed by atoms with van der Waals surface area (Å²) in [7, 11) is 3.52. The minimum atomic E-state index is 0.156. The lowest BCUT2D eigenvalue weighted by atomic mass is 10.1. The maximum absolute atomic E-state index is 12.6. The number of nitrogens with zero attached hydrogens (tertiary/aromatic N) is 2. The molecule has 5 heteroatoms. The van der Waals surface area contributed by atoms with Crippen molar-refractivity contribution in [2.45, 2.75) is 25.4 Å². The molecule has 1 aliphatic carbocycles. The maximum Gasteiger partial charge on any atom is 0.236 e. The van der Waals surface area contributed by atoms with Gasteiger partial charge in [0.1, 0.15) is 5.75 Å². The van der Waals surface area contributed by atoms with Crippen LogP contribution < -0.4 is 4.74 Å². The van der Waals surface area contributed by atoms with Gasteiger partial charge in [-0.1, -0.05) is 18.2 Å². The first-order valence-corrected chi connectivity index (χ1v) is 8.36. The Hall–Kier alpha value is -1.59. The van der Waals surface area contributed by atoms with Gasteiger partial charge < -0.3 is 14.4 Å². The summed E-state index contributed by atoms with van der Waals surface area (Å²) in [6, 6.07) is 8.27. The molecular weight excluding hydrogens is 292 g/mol. The number of benzene rings is 1. The Balaban J connectivity index is 1.58. The minimum absolute atomic E-state index is 0.156. The smallest absolute Gasteiger partial charge is 0.236 e. The van der Waals surface area contributed by atoms with E-state index in [1.54, 1.807) is 12.0 Å². The van der Waals surface area contributed by atoms with E-state index in [2.05, 4.69) is 4.90 Å². The summed E-state index contributed by atoms with van der Waals surface area (Å²) in [4.78, 5) is 16.7. The molecule has 1 aromatic carbocycles. The zero-order valence-electron chi connectivity index (χ0n) is 14.0. The molecule has 5 nitrogen and oxygen atoms in total. The van der Waals surface area contributed by atoms with Crippen molar-refractivity contribution in [3.63, 3.8) is 0 Å². The van der Waals surface area contributed by atoms with Gasteiger partial charge in [0.05, 0.1) is 26.9 Å². The molecule has 1 unspecified atom stereocenters. The Morgan fingerprint density at radius 3 is 2.91 bits per heavy atom. The molecule has 0 aromatic heterocycles. The van der Waals surface area contributed by atoms with Gasteiger partial charge in [0, 0.05) is 31.7 Å². The summed E-state index contributed by atoms with van der Waals surface area (Å²) < 4.78 is 11.0. The lowest BCUT2D eigenvalue weighted by Gasteiger charge is -2.36. The molecule has 1 saturated carbocycles. The fourth-order valence-electron chi connectivity index (χ4n) is 3.24. The summed E-state index contributed by atoms with van der Waals surface area (Å²) in [5.74, 6) is 1.71. The van der Waals surface area contributed by atoms with Crippen LogP contribution in [0.2, 0.25) is 0 Å². The van der Waals surface area contributed by atoms with Gasteiger partial charge in [-0.3, -0.25) is 9.69 Å². The largest absolute Gasteiger partial charge is 0.496 e. The van der Waals surface area contributed by atoms with E-state index in [1.165, 1.54) is 12.8 Å². The third-order valence-electron chi connectivity index (χ3n) is 4.81. The first-order chi connectivity index (χ1) is 11.2. The van der Waals surface area contributed by atoms with Crippen molar-refractivity contribution in [3.05, 3.63) is 29.8 Å². The van der Waals surface area contributed by atoms with Gasteiger partial charge in [0.2, 0.25) is 5.91 Å². The predicted octanol–water partition coefficient (Wildman–Crippen LogP) is 1.76. The molecule has 0 radical (unpaired) electrons. The van der Waals surface area contributed by atoms with E-state index in [9.17, 15) is 4.79 Å². The summed E-state index contributed by atoms with van der Waals surface area (Å²) in [6.45, 7) is 3.41. The minimum Gasteiger partial charge on any atom is -0.496 e. The second-order valence-electron chi connectivity index (χ2n) is 6.51. The lowest BCUT2D eigenvalue weighted by Crippen LogP contribution is -2.50. The van der Waals surface area contributed by atoms with Gasteiger partial charge in [-0.25, -0.2) is 0 Å². The lowest BCUT2D eigenvalue weighted by molar-refractivity contribution is -0.134. The van der Waals surface area contributed by atoms with Crippen molar-refractivity contribution in [2.75, 3.05) is 40.5 Å². The number of hydrogen-bond donors (Lipinski definition) is 0. The number of amides is 1. The molecule has 1 atom stereocenters. The molecule has 0 N–H and O–H groups in total. The number of methoxy groups -OCH3 is 1. The monoisotopic (exact) mass is 318 g/mol. The molecule has 1 aliphatic heterocycles. The van der Waals surface area contributed by atoms with Crippen LogP contribution in [-0.4, -0.2) is 62.2 Å². The second-order valence-corrected chi connectivity index (χ2v) is 6.51. The number of carbonyl (C=O) groups is 1. The van der Waals surface area contributed by atoms with Crippen LogP contribution in [0.15, 0.2) is 24.3 Å². The van der Waals surface area contributed by atoms with Gasteiger partial charge in [-0.05, 0) is 24.8 Å². The van der Waals surface area contributed by atoms with E-state index in [4.69, 9.17) is 9.47 Å². The van der Waals surface area contributed by atoms with E-state index in [1.807, 2.05) is 31.3 Å². The van der Waals surface area contributed by atoms with E-state index in [-0.39, 0.29) is 5.91 Å². The van der Waals surface area contributed by atoms with E-state index in [0.717, 1.165) is 37.0 Å². The van der Waals surface area contributed by atoms with E-state index >= 15 is 0 Å². The van der Waals surface area contributed by atoms with Gasteiger partial charge in [0.25, 0.3) is 0 Å². The zero-order chi connectivity index (χ0) is 16.2. The summed E-state index contributed by atoms with van der Waals surface area (Å²) in [6.07, 6.45) is 2.55. The number of hydrogen-bond acceptors (Lipinski definition) is 4. The van der Waals surface area contributed by atoms with Crippen LogP contribution in [0.3, 0.4) is 0 Å². The molecule has 3 rings (SSSR count). The Morgan fingerprint density at radius 1 is 1.39 bits per heavy atom. The fraction of sp³-hybridized carbons (Fsp3) is 0.611. The number of carbonyl (C=O) groups excluding carboxylic acids is 1.